The Bertz CT molecular complexity index is 835. The molecule has 2 N–H and O–H groups in total. The zero-order chi connectivity index (χ0) is 16.9. The zero-order valence-electron chi connectivity index (χ0n) is 13.6. The van der Waals surface area contributed by atoms with E-state index in [1.165, 1.54) is 0 Å². The number of anilines is 2. The van der Waals surface area contributed by atoms with Crippen LogP contribution in [0, 0.1) is 0 Å². The summed E-state index contributed by atoms with van der Waals surface area (Å²) in [7, 11) is 3.51. The summed E-state index contributed by atoms with van der Waals surface area (Å²) < 4.78 is 6.77. The molecule has 0 unspecified atom stereocenters. The van der Waals surface area contributed by atoms with Crippen molar-refractivity contribution in [3.8, 4) is 0 Å². The minimum absolute atomic E-state index is 0.539. The summed E-state index contributed by atoms with van der Waals surface area (Å²) in [6, 6.07) is 7.72. The molecule has 2 heterocycles. The molecule has 0 fully saturated rings. The molecule has 0 aliphatic rings. The molecule has 24 heavy (non-hydrogen) atoms. The van der Waals surface area contributed by atoms with Crippen molar-refractivity contribution in [2.45, 2.75) is 6.54 Å². The number of rotatable bonds is 7. The third kappa shape index (κ3) is 3.74. The van der Waals surface area contributed by atoms with Crippen LogP contribution in [0.5, 0.6) is 0 Å². The van der Waals surface area contributed by atoms with Crippen molar-refractivity contribution in [1.29, 1.82) is 0 Å². The molecule has 3 aromatic rings. The van der Waals surface area contributed by atoms with Crippen molar-refractivity contribution in [3.05, 3.63) is 41.0 Å². The standard InChI is InChI=1S/C16H19ClN6O/c1-23-15-13(10-20-23)14(21-16(22-15)18-6-7-24-2)19-9-11-4-3-5-12(17)8-11/h3-5,8,10H,6-7,9H2,1-2H3,(H2,18,19,21,22). The first-order valence-corrected chi connectivity index (χ1v) is 7.96. The average molecular weight is 347 g/mol. The highest BCUT2D eigenvalue weighted by molar-refractivity contribution is 6.30. The fourth-order valence-corrected chi connectivity index (χ4v) is 2.55. The molecule has 0 saturated heterocycles. The molecule has 8 heteroatoms. The van der Waals surface area contributed by atoms with E-state index in [0.29, 0.717) is 30.7 Å². The van der Waals surface area contributed by atoms with Crippen LogP contribution < -0.4 is 10.6 Å². The van der Waals surface area contributed by atoms with Gasteiger partial charge in [-0.1, -0.05) is 23.7 Å². The molecule has 0 spiro atoms. The van der Waals surface area contributed by atoms with E-state index in [9.17, 15) is 0 Å². The van der Waals surface area contributed by atoms with Gasteiger partial charge in [0.05, 0.1) is 18.2 Å². The maximum Gasteiger partial charge on any atom is 0.226 e. The average Bonchev–Trinajstić information content (AvgIpc) is 2.95. The highest BCUT2D eigenvalue weighted by Crippen LogP contribution is 2.22. The summed E-state index contributed by atoms with van der Waals surface area (Å²) >= 11 is 6.03. The smallest absolute Gasteiger partial charge is 0.226 e. The molecule has 0 aliphatic heterocycles. The van der Waals surface area contributed by atoms with Crippen molar-refractivity contribution >= 4 is 34.4 Å². The van der Waals surface area contributed by atoms with Crippen LogP contribution in [0.3, 0.4) is 0 Å². The number of hydrogen-bond acceptors (Lipinski definition) is 6. The number of ether oxygens (including phenoxy) is 1. The number of halogens is 1. The Labute approximate surface area is 145 Å². The lowest BCUT2D eigenvalue weighted by Gasteiger charge is -2.10. The molecule has 0 saturated carbocycles. The topological polar surface area (TPSA) is 76.9 Å². The van der Waals surface area contributed by atoms with Crippen LogP contribution >= 0.6 is 11.6 Å². The zero-order valence-corrected chi connectivity index (χ0v) is 14.3. The summed E-state index contributed by atoms with van der Waals surface area (Å²) in [5.41, 5.74) is 1.84. The molecule has 0 radical (unpaired) electrons. The lowest BCUT2D eigenvalue weighted by atomic mass is 10.2. The Kier molecular flexibility index (Phi) is 5.12. The molecule has 1 aromatic carbocycles. The summed E-state index contributed by atoms with van der Waals surface area (Å²) in [6.07, 6.45) is 1.76. The summed E-state index contributed by atoms with van der Waals surface area (Å²) in [4.78, 5) is 9.05. The SMILES string of the molecule is COCCNc1nc(NCc2cccc(Cl)c2)c2cnn(C)c2n1. The van der Waals surface area contributed by atoms with Crippen LogP contribution in [0.2, 0.25) is 5.02 Å². The van der Waals surface area contributed by atoms with Crippen molar-refractivity contribution in [2.75, 3.05) is 30.9 Å². The van der Waals surface area contributed by atoms with Crippen molar-refractivity contribution < 1.29 is 4.74 Å². The van der Waals surface area contributed by atoms with Gasteiger partial charge in [-0.05, 0) is 17.7 Å². The highest BCUT2D eigenvalue weighted by Gasteiger charge is 2.11. The fourth-order valence-electron chi connectivity index (χ4n) is 2.33. The quantitative estimate of drug-likeness (QED) is 0.640. The number of nitrogens with one attached hydrogen (secondary N) is 2. The fraction of sp³-hybridized carbons (Fsp3) is 0.312. The summed E-state index contributed by atoms with van der Waals surface area (Å²) in [5, 5.41) is 12.3. The minimum Gasteiger partial charge on any atom is -0.383 e. The van der Waals surface area contributed by atoms with Gasteiger partial charge in [-0.2, -0.15) is 15.1 Å². The summed E-state index contributed by atoms with van der Waals surface area (Å²) in [5.74, 6) is 1.27. The third-order valence-electron chi connectivity index (χ3n) is 3.53. The first kappa shape index (κ1) is 16.5. The monoisotopic (exact) mass is 346 g/mol. The van der Waals surface area contributed by atoms with Crippen LogP contribution in [0.15, 0.2) is 30.5 Å². The normalized spacial score (nSPS) is 11.0. The van der Waals surface area contributed by atoms with Gasteiger partial charge in [0, 0.05) is 32.3 Å². The molecule has 3 rings (SSSR count). The summed E-state index contributed by atoms with van der Waals surface area (Å²) in [6.45, 7) is 1.82. The number of nitrogens with zero attached hydrogens (tertiary/aromatic N) is 4. The van der Waals surface area contributed by atoms with Crippen molar-refractivity contribution in [3.63, 3.8) is 0 Å². The molecule has 0 atom stereocenters. The van der Waals surface area contributed by atoms with Gasteiger partial charge in [0.15, 0.2) is 5.65 Å². The lowest BCUT2D eigenvalue weighted by Crippen LogP contribution is -2.12. The van der Waals surface area contributed by atoms with Gasteiger partial charge < -0.3 is 15.4 Å². The van der Waals surface area contributed by atoms with Crippen LogP contribution in [0.1, 0.15) is 5.56 Å². The Hall–Kier alpha value is -2.38. The molecule has 0 bridgehead atoms. The van der Waals surface area contributed by atoms with Gasteiger partial charge in [-0.15, -0.1) is 0 Å². The Morgan fingerprint density at radius 3 is 2.92 bits per heavy atom. The molecular formula is C16H19ClN6O. The van der Waals surface area contributed by atoms with E-state index in [4.69, 9.17) is 16.3 Å². The molecule has 0 amide bonds. The Morgan fingerprint density at radius 2 is 2.12 bits per heavy atom. The predicted octanol–water partition coefficient (Wildman–Crippen LogP) is 2.69. The second-order valence-electron chi connectivity index (χ2n) is 5.30. The van der Waals surface area contributed by atoms with E-state index >= 15 is 0 Å². The van der Waals surface area contributed by atoms with E-state index in [0.717, 1.165) is 22.4 Å². The molecule has 126 valence electrons. The molecule has 7 nitrogen and oxygen atoms in total. The number of benzene rings is 1. The van der Waals surface area contributed by atoms with Gasteiger partial charge in [-0.3, -0.25) is 4.68 Å². The van der Waals surface area contributed by atoms with Gasteiger partial charge >= 0.3 is 0 Å². The first-order chi connectivity index (χ1) is 11.7. The number of hydrogen-bond donors (Lipinski definition) is 2. The number of aryl methyl sites for hydroxylation is 1. The van der Waals surface area contributed by atoms with Gasteiger partial charge in [0.1, 0.15) is 5.82 Å². The second kappa shape index (κ2) is 7.46. The minimum atomic E-state index is 0.539. The Morgan fingerprint density at radius 1 is 1.25 bits per heavy atom. The lowest BCUT2D eigenvalue weighted by molar-refractivity contribution is 0.210. The Balaban J connectivity index is 1.84. The number of aromatic nitrogens is 4. The van der Waals surface area contributed by atoms with Gasteiger partial charge in [0.25, 0.3) is 0 Å². The number of methoxy groups -OCH3 is 1. The first-order valence-electron chi connectivity index (χ1n) is 7.58. The van der Waals surface area contributed by atoms with E-state index in [1.807, 2.05) is 31.3 Å². The van der Waals surface area contributed by atoms with E-state index in [-0.39, 0.29) is 0 Å². The van der Waals surface area contributed by atoms with Crippen molar-refractivity contribution in [1.82, 2.24) is 19.7 Å². The van der Waals surface area contributed by atoms with Crippen LogP contribution in [-0.2, 0) is 18.3 Å². The van der Waals surface area contributed by atoms with E-state index in [2.05, 4.69) is 25.7 Å². The molecule has 2 aromatic heterocycles. The maximum absolute atomic E-state index is 6.03. The van der Waals surface area contributed by atoms with E-state index in [1.54, 1.807) is 18.0 Å². The van der Waals surface area contributed by atoms with Crippen LogP contribution in [0.25, 0.3) is 11.0 Å². The second-order valence-corrected chi connectivity index (χ2v) is 5.74. The van der Waals surface area contributed by atoms with Crippen LogP contribution in [0.4, 0.5) is 11.8 Å². The van der Waals surface area contributed by atoms with Crippen LogP contribution in [-0.4, -0.2) is 40.0 Å². The number of fused-ring (bicyclic) bond motifs is 1. The van der Waals surface area contributed by atoms with E-state index < -0.39 is 0 Å². The van der Waals surface area contributed by atoms with Crippen molar-refractivity contribution in [2.24, 2.45) is 7.05 Å². The predicted molar refractivity (Wildman–Crippen MR) is 95.4 cm³/mol. The van der Waals surface area contributed by atoms with Gasteiger partial charge in [-0.25, -0.2) is 0 Å². The molecule has 0 aliphatic carbocycles. The largest absolute Gasteiger partial charge is 0.383 e. The highest BCUT2D eigenvalue weighted by atomic mass is 35.5. The third-order valence-corrected chi connectivity index (χ3v) is 3.77. The maximum atomic E-state index is 6.03. The van der Waals surface area contributed by atoms with Gasteiger partial charge in [0.2, 0.25) is 5.95 Å². The molecular weight excluding hydrogens is 328 g/mol.